The summed E-state index contributed by atoms with van der Waals surface area (Å²) in [5, 5.41) is 3.57. The molecule has 2 aliphatic rings. The fourth-order valence-electron chi connectivity index (χ4n) is 4.08. The van der Waals surface area contributed by atoms with Gasteiger partial charge < -0.3 is 5.32 Å². The maximum atomic E-state index is 12.7. The summed E-state index contributed by atoms with van der Waals surface area (Å²) in [6.45, 7) is 3.03. The van der Waals surface area contributed by atoms with Crippen LogP contribution in [0.4, 0.5) is 13.2 Å². The topological polar surface area (TPSA) is 12.0 Å². The fourth-order valence-corrected chi connectivity index (χ4v) is 4.08. The Morgan fingerprint density at radius 3 is 1.95 bits per heavy atom. The lowest BCUT2D eigenvalue weighted by atomic mass is 9.74. The Balaban J connectivity index is 1.89. The minimum Gasteiger partial charge on any atom is -0.314 e. The SMILES string of the molecule is CCNC(C1CCCC1)C1CCC(C(F)(F)F)CC1. The molecular formula is C15H26F3N. The second kappa shape index (κ2) is 6.47. The lowest BCUT2D eigenvalue weighted by Gasteiger charge is -2.37. The van der Waals surface area contributed by atoms with Crippen LogP contribution >= 0.6 is 0 Å². The molecule has 2 aliphatic carbocycles. The molecule has 0 aliphatic heterocycles. The van der Waals surface area contributed by atoms with Crippen molar-refractivity contribution in [1.82, 2.24) is 5.32 Å². The average Bonchev–Trinajstić information content (AvgIpc) is 2.89. The number of hydrogen-bond donors (Lipinski definition) is 1. The first-order chi connectivity index (χ1) is 9.02. The molecule has 0 bridgehead atoms. The first-order valence-corrected chi connectivity index (χ1v) is 7.82. The molecule has 0 saturated heterocycles. The zero-order valence-corrected chi connectivity index (χ0v) is 11.8. The van der Waals surface area contributed by atoms with E-state index < -0.39 is 12.1 Å². The first-order valence-electron chi connectivity index (χ1n) is 7.82. The standard InChI is InChI=1S/C15H26F3N/c1-2-19-14(11-5-3-4-6-11)12-7-9-13(10-8-12)15(16,17)18/h11-14,19H,2-10H2,1H3. The van der Waals surface area contributed by atoms with Crippen LogP contribution in [0.3, 0.4) is 0 Å². The van der Waals surface area contributed by atoms with Crippen molar-refractivity contribution in [3.8, 4) is 0 Å². The molecule has 19 heavy (non-hydrogen) atoms. The van der Waals surface area contributed by atoms with E-state index >= 15 is 0 Å². The van der Waals surface area contributed by atoms with Crippen molar-refractivity contribution in [3.63, 3.8) is 0 Å². The zero-order chi connectivity index (χ0) is 13.9. The van der Waals surface area contributed by atoms with E-state index in [1.807, 2.05) is 0 Å². The summed E-state index contributed by atoms with van der Waals surface area (Å²) in [6.07, 6.45) is 3.30. The monoisotopic (exact) mass is 277 g/mol. The molecule has 1 N–H and O–H groups in total. The number of alkyl halides is 3. The minimum atomic E-state index is -3.98. The van der Waals surface area contributed by atoms with Crippen LogP contribution < -0.4 is 5.32 Å². The minimum absolute atomic E-state index is 0.336. The van der Waals surface area contributed by atoms with Crippen molar-refractivity contribution < 1.29 is 13.2 Å². The highest BCUT2D eigenvalue weighted by Gasteiger charge is 2.43. The van der Waals surface area contributed by atoms with Crippen molar-refractivity contribution in [2.45, 2.75) is 70.5 Å². The van der Waals surface area contributed by atoms with Gasteiger partial charge in [-0.1, -0.05) is 19.8 Å². The highest BCUT2D eigenvalue weighted by Crippen LogP contribution is 2.43. The molecule has 1 unspecified atom stereocenters. The molecule has 0 amide bonds. The Labute approximate surface area is 114 Å². The molecule has 0 spiro atoms. The molecule has 112 valence electrons. The zero-order valence-electron chi connectivity index (χ0n) is 11.8. The van der Waals surface area contributed by atoms with Gasteiger partial charge in [0.2, 0.25) is 0 Å². The largest absolute Gasteiger partial charge is 0.391 e. The van der Waals surface area contributed by atoms with Gasteiger partial charge in [-0.2, -0.15) is 13.2 Å². The lowest BCUT2D eigenvalue weighted by molar-refractivity contribution is -0.184. The molecule has 0 aromatic rings. The summed E-state index contributed by atoms with van der Waals surface area (Å²) >= 11 is 0. The highest BCUT2D eigenvalue weighted by atomic mass is 19.4. The molecule has 2 rings (SSSR count). The van der Waals surface area contributed by atoms with Crippen molar-refractivity contribution in [2.24, 2.45) is 17.8 Å². The Bertz CT molecular complexity index is 263. The average molecular weight is 277 g/mol. The normalized spacial score (nSPS) is 31.6. The Kier molecular flexibility index (Phi) is 5.15. The third-order valence-electron chi connectivity index (χ3n) is 5.09. The van der Waals surface area contributed by atoms with Gasteiger partial charge in [-0.15, -0.1) is 0 Å². The molecule has 2 fully saturated rings. The first kappa shape index (κ1) is 15.1. The molecule has 4 heteroatoms. The molecule has 0 heterocycles. The van der Waals surface area contributed by atoms with Crippen LogP contribution in [0.1, 0.15) is 58.3 Å². The van der Waals surface area contributed by atoms with E-state index in [1.165, 1.54) is 25.7 Å². The van der Waals surface area contributed by atoms with Gasteiger partial charge in [-0.05, 0) is 56.9 Å². The van der Waals surface area contributed by atoms with Gasteiger partial charge in [0.1, 0.15) is 0 Å². The van der Waals surface area contributed by atoms with E-state index in [4.69, 9.17) is 0 Å². The van der Waals surface area contributed by atoms with Gasteiger partial charge >= 0.3 is 6.18 Å². The third-order valence-corrected chi connectivity index (χ3v) is 5.09. The van der Waals surface area contributed by atoms with Gasteiger partial charge in [-0.3, -0.25) is 0 Å². The molecule has 2 saturated carbocycles. The molecular weight excluding hydrogens is 251 g/mol. The van der Waals surface area contributed by atoms with Gasteiger partial charge in [-0.25, -0.2) is 0 Å². The van der Waals surface area contributed by atoms with Crippen LogP contribution in [-0.4, -0.2) is 18.8 Å². The van der Waals surface area contributed by atoms with Crippen molar-refractivity contribution in [3.05, 3.63) is 0 Å². The van der Waals surface area contributed by atoms with Crippen LogP contribution in [0.2, 0.25) is 0 Å². The summed E-state index contributed by atoms with van der Waals surface area (Å²) in [6, 6.07) is 0.460. The number of halogens is 3. The smallest absolute Gasteiger partial charge is 0.314 e. The Morgan fingerprint density at radius 2 is 1.47 bits per heavy atom. The molecule has 1 nitrogen and oxygen atoms in total. The maximum Gasteiger partial charge on any atom is 0.391 e. The quantitative estimate of drug-likeness (QED) is 0.796. The van der Waals surface area contributed by atoms with Crippen LogP contribution in [0, 0.1) is 17.8 Å². The fraction of sp³-hybridized carbons (Fsp3) is 1.00. The predicted octanol–water partition coefficient (Wildman–Crippen LogP) is 4.52. The summed E-state index contributed by atoms with van der Waals surface area (Å²) in [7, 11) is 0. The molecule has 0 aromatic heterocycles. The summed E-state index contributed by atoms with van der Waals surface area (Å²) < 4.78 is 38.1. The second-order valence-electron chi connectivity index (χ2n) is 6.28. The van der Waals surface area contributed by atoms with Crippen LogP contribution in [-0.2, 0) is 0 Å². The van der Waals surface area contributed by atoms with Crippen molar-refractivity contribution >= 4 is 0 Å². The number of hydrogen-bond acceptors (Lipinski definition) is 1. The van der Waals surface area contributed by atoms with Crippen molar-refractivity contribution in [2.75, 3.05) is 6.54 Å². The van der Waals surface area contributed by atoms with Crippen LogP contribution in [0.5, 0.6) is 0 Å². The van der Waals surface area contributed by atoms with Gasteiger partial charge in [0, 0.05) is 6.04 Å². The van der Waals surface area contributed by atoms with Crippen LogP contribution in [0.25, 0.3) is 0 Å². The summed E-state index contributed by atoms with van der Waals surface area (Å²) in [5.74, 6) is 0.114. The Hall–Kier alpha value is -0.250. The van der Waals surface area contributed by atoms with E-state index in [0.29, 0.717) is 30.7 Å². The number of nitrogens with one attached hydrogen (secondary N) is 1. The summed E-state index contributed by atoms with van der Waals surface area (Å²) in [4.78, 5) is 0. The van der Waals surface area contributed by atoms with E-state index in [0.717, 1.165) is 19.4 Å². The van der Waals surface area contributed by atoms with Gasteiger partial charge in [0.15, 0.2) is 0 Å². The molecule has 0 aromatic carbocycles. The Morgan fingerprint density at radius 1 is 0.947 bits per heavy atom. The van der Waals surface area contributed by atoms with E-state index in [1.54, 1.807) is 0 Å². The lowest BCUT2D eigenvalue weighted by Crippen LogP contribution is -2.43. The molecule has 1 atom stereocenters. The maximum absolute atomic E-state index is 12.7. The highest BCUT2D eigenvalue weighted by molar-refractivity contribution is 4.89. The summed E-state index contributed by atoms with van der Waals surface area (Å²) in [5.41, 5.74) is 0. The predicted molar refractivity (Wildman–Crippen MR) is 70.9 cm³/mol. The third kappa shape index (κ3) is 3.87. The van der Waals surface area contributed by atoms with Crippen molar-refractivity contribution in [1.29, 1.82) is 0 Å². The van der Waals surface area contributed by atoms with Gasteiger partial charge in [0.05, 0.1) is 5.92 Å². The second-order valence-corrected chi connectivity index (χ2v) is 6.28. The van der Waals surface area contributed by atoms with E-state index in [9.17, 15) is 13.2 Å². The van der Waals surface area contributed by atoms with E-state index in [2.05, 4.69) is 12.2 Å². The number of rotatable bonds is 4. The van der Waals surface area contributed by atoms with Gasteiger partial charge in [0.25, 0.3) is 0 Å². The van der Waals surface area contributed by atoms with Crippen LogP contribution in [0.15, 0.2) is 0 Å². The van der Waals surface area contributed by atoms with E-state index in [-0.39, 0.29) is 0 Å². The molecule has 0 radical (unpaired) electrons.